The molecule has 1 fully saturated rings. The third kappa shape index (κ3) is 3.36. The molecule has 0 amide bonds. The van der Waals surface area contributed by atoms with Crippen molar-refractivity contribution in [3.8, 4) is 0 Å². The van der Waals surface area contributed by atoms with E-state index in [0.717, 1.165) is 35.1 Å². The number of hydrogen-bond donors (Lipinski definition) is 3. The molecule has 17 heavy (non-hydrogen) atoms. The average molecular weight is 299 g/mol. The molecule has 1 aliphatic carbocycles. The number of aliphatic hydroxyl groups is 1. The summed E-state index contributed by atoms with van der Waals surface area (Å²) in [5.74, 6) is 0. The molecule has 0 aliphatic heterocycles. The molecule has 1 aliphatic rings. The molecule has 4 N–H and O–H groups in total. The number of anilines is 2. The van der Waals surface area contributed by atoms with E-state index < -0.39 is 0 Å². The van der Waals surface area contributed by atoms with Crippen molar-refractivity contribution in [1.29, 1.82) is 0 Å². The Kier molecular flexibility index (Phi) is 4.29. The Balaban J connectivity index is 2.08. The first-order valence-electron chi connectivity index (χ1n) is 6.16. The molecule has 0 heterocycles. The number of halogens is 1. The molecule has 0 aromatic heterocycles. The predicted octanol–water partition coefficient (Wildman–Crippen LogP) is 3.14. The highest BCUT2D eigenvalue weighted by Gasteiger charge is 2.21. The summed E-state index contributed by atoms with van der Waals surface area (Å²) >= 11 is 3.39. The van der Waals surface area contributed by atoms with Gasteiger partial charge in [0.05, 0.1) is 23.5 Å². The summed E-state index contributed by atoms with van der Waals surface area (Å²) in [4.78, 5) is 0. The number of nitrogens with two attached hydrogens (primary N) is 1. The number of nitrogens with one attached hydrogen (secondary N) is 1. The standard InChI is InChI=1S/C13H19BrN2O/c14-9-6-7-11(10(15)8-9)16-12-4-2-1-3-5-13(12)17/h6-8,12-13,16-17H,1-5,15H2. The van der Waals surface area contributed by atoms with Gasteiger partial charge in [-0.3, -0.25) is 0 Å². The molecule has 3 nitrogen and oxygen atoms in total. The highest BCUT2D eigenvalue weighted by atomic mass is 79.9. The van der Waals surface area contributed by atoms with Gasteiger partial charge in [0.2, 0.25) is 0 Å². The van der Waals surface area contributed by atoms with Crippen LogP contribution in [0.1, 0.15) is 32.1 Å². The smallest absolute Gasteiger partial charge is 0.0741 e. The number of nitrogen functional groups attached to an aromatic ring is 1. The zero-order valence-corrected chi connectivity index (χ0v) is 11.4. The molecule has 0 radical (unpaired) electrons. The molecule has 1 aromatic carbocycles. The Bertz CT molecular complexity index is 384. The molecule has 4 heteroatoms. The van der Waals surface area contributed by atoms with E-state index in [1.807, 2.05) is 18.2 Å². The maximum absolute atomic E-state index is 10.0. The summed E-state index contributed by atoms with van der Waals surface area (Å²) in [6.07, 6.45) is 5.14. The van der Waals surface area contributed by atoms with E-state index in [2.05, 4.69) is 21.2 Å². The molecule has 0 saturated heterocycles. The van der Waals surface area contributed by atoms with Crippen LogP contribution in [-0.2, 0) is 0 Å². The first kappa shape index (κ1) is 12.7. The summed E-state index contributed by atoms with van der Waals surface area (Å²) in [6.45, 7) is 0. The van der Waals surface area contributed by atoms with Crippen molar-refractivity contribution >= 4 is 27.3 Å². The van der Waals surface area contributed by atoms with Crippen LogP contribution in [0, 0.1) is 0 Å². The van der Waals surface area contributed by atoms with Gasteiger partial charge in [0, 0.05) is 4.47 Å². The lowest BCUT2D eigenvalue weighted by Crippen LogP contribution is -2.32. The molecule has 1 aromatic rings. The lowest BCUT2D eigenvalue weighted by Gasteiger charge is -2.23. The van der Waals surface area contributed by atoms with Crippen LogP contribution in [0.2, 0.25) is 0 Å². The number of benzene rings is 1. The molecule has 0 bridgehead atoms. The Morgan fingerprint density at radius 3 is 2.76 bits per heavy atom. The van der Waals surface area contributed by atoms with Gasteiger partial charge in [-0.25, -0.2) is 0 Å². The van der Waals surface area contributed by atoms with Crippen molar-refractivity contribution in [1.82, 2.24) is 0 Å². The fraction of sp³-hybridized carbons (Fsp3) is 0.538. The molecule has 2 unspecified atom stereocenters. The first-order chi connectivity index (χ1) is 8.16. The zero-order valence-electron chi connectivity index (χ0n) is 9.82. The Labute approximate surface area is 111 Å². The second-order valence-corrected chi connectivity index (χ2v) is 5.60. The van der Waals surface area contributed by atoms with Gasteiger partial charge in [0.25, 0.3) is 0 Å². The molecular weight excluding hydrogens is 280 g/mol. The number of rotatable bonds is 2. The van der Waals surface area contributed by atoms with Crippen LogP contribution in [0.5, 0.6) is 0 Å². The summed E-state index contributed by atoms with van der Waals surface area (Å²) < 4.78 is 0.974. The molecule has 2 atom stereocenters. The van der Waals surface area contributed by atoms with Gasteiger partial charge >= 0.3 is 0 Å². The van der Waals surface area contributed by atoms with Gasteiger partial charge in [-0.1, -0.05) is 35.2 Å². The van der Waals surface area contributed by atoms with Crippen molar-refractivity contribution < 1.29 is 5.11 Å². The molecule has 1 saturated carbocycles. The second kappa shape index (κ2) is 5.74. The predicted molar refractivity (Wildman–Crippen MR) is 75.1 cm³/mol. The van der Waals surface area contributed by atoms with E-state index in [1.165, 1.54) is 12.8 Å². The molecule has 2 rings (SSSR count). The zero-order chi connectivity index (χ0) is 12.3. The Hall–Kier alpha value is -0.740. The maximum atomic E-state index is 10.0. The van der Waals surface area contributed by atoms with E-state index in [1.54, 1.807) is 0 Å². The summed E-state index contributed by atoms with van der Waals surface area (Å²) in [7, 11) is 0. The van der Waals surface area contributed by atoms with Crippen LogP contribution in [0.4, 0.5) is 11.4 Å². The van der Waals surface area contributed by atoms with Crippen molar-refractivity contribution in [3.63, 3.8) is 0 Å². The topological polar surface area (TPSA) is 58.3 Å². The quantitative estimate of drug-likeness (QED) is 0.581. The molecular formula is C13H19BrN2O. The fourth-order valence-electron chi connectivity index (χ4n) is 2.32. The summed E-state index contributed by atoms with van der Waals surface area (Å²) in [5.41, 5.74) is 7.58. The van der Waals surface area contributed by atoms with E-state index in [9.17, 15) is 5.11 Å². The third-order valence-electron chi connectivity index (χ3n) is 3.33. The third-order valence-corrected chi connectivity index (χ3v) is 3.83. The van der Waals surface area contributed by atoms with Crippen LogP contribution < -0.4 is 11.1 Å². The molecule has 94 valence electrons. The van der Waals surface area contributed by atoms with Crippen LogP contribution in [-0.4, -0.2) is 17.3 Å². The van der Waals surface area contributed by atoms with Crippen molar-refractivity contribution in [2.45, 2.75) is 44.2 Å². The minimum Gasteiger partial charge on any atom is -0.397 e. The SMILES string of the molecule is Nc1cc(Br)ccc1NC1CCCCCC1O. The highest BCUT2D eigenvalue weighted by Crippen LogP contribution is 2.27. The minimum absolute atomic E-state index is 0.126. The summed E-state index contributed by atoms with van der Waals surface area (Å²) in [5, 5.41) is 13.4. The van der Waals surface area contributed by atoms with E-state index in [0.29, 0.717) is 0 Å². The first-order valence-corrected chi connectivity index (χ1v) is 6.96. The average Bonchev–Trinajstić information content (AvgIpc) is 2.48. The summed E-state index contributed by atoms with van der Waals surface area (Å²) in [6, 6.07) is 5.92. The molecule has 0 spiro atoms. The maximum Gasteiger partial charge on any atom is 0.0741 e. The minimum atomic E-state index is -0.263. The largest absolute Gasteiger partial charge is 0.397 e. The fourth-order valence-corrected chi connectivity index (χ4v) is 2.70. The number of hydrogen-bond acceptors (Lipinski definition) is 3. The second-order valence-electron chi connectivity index (χ2n) is 4.69. The lowest BCUT2D eigenvalue weighted by molar-refractivity contribution is 0.144. The van der Waals surface area contributed by atoms with Crippen LogP contribution >= 0.6 is 15.9 Å². The van der Waals surface area contributed by atoms with Gasteiger partial charge < -0.3 is 16.2 Å². The highest BCUT2D eigenvalue weighted by molar-refractivity contribution is 9.10. The number of aliphatic hydroxyl groups excluding tert-OH is 1. The lowest BCUT2D eigenvalue weighted by atomic mass is 10.1. The van der Waals surface area contributed by atoms with Gasteiger partial charge in [-0.15, -0.1) is 0 Å². The van der Waals surface area contributed by atoms with E-state index >= 15 is 0 Å². The van der Waals surface area contributed by atoms with Gasteiger partial charge in [-0.2, -0.15) is 0 Å². The Morgan fingerprint density at radius 2 is 2.00 bits per heavy atom. The van der Waals surface area contributed by atoms with Gasteiger partial charge in [0.1, 0.15) is 0 Å². The van der Waals surface area contributed by atoms with Gasteiger partial charge in [0.15, 0.2) is 0 Å². The normalized spacial score (nSPS) is 25.3. The van der Waals surface area contributed by atoms with Crippen LogP contribution in [0.3, 0.4) is 0 Å². The van der Waals surface area contributed by atoms with E-state index in [4.69, 9.17) is 5.73 Å². The van der Waals surface area contributed by atoms with Crippen molar-refractivity contribution in [2.24, 2.45) is 0 Å². The van der Waals surface area contributed by atoms with Crippen LogP contribution in [0.15, 0.2) is 22.7 Å². The van der Waals surface area contributed by atoms with Crippen molar-refractivity contribution in [2.75, 3.05) is 11.1 Å². The Morgan fingerprint density at radius 1 is 1.24 bits per heavy atom. The monoisotopic (exact) mass is 298 g/mol. The van der Waals surface area contributed by atoms with Gasteiger partial charge in [-0.05, 0) is 31.0 Å². The van der Waals surface area contributed by atoms with Crippen molar-refractivity contribution in [3.05, 3.63) is 22.7 Å². The van der Waals surface area contributed by atoms with Crippen LogP contribution in [0.25, 0.3) is 0 Å². The van der Waals surface area contributed by atoms with E-state index in [-0.39, 0.29) is 12.1 Å².